The number of halogens is 1. The monoisotopic (exact) mass is 293 g/mol. The molecule has 1 saturated heterocycles. The number of ether oxygens (including phenoxy) is 1. The summed E-state index contributed by atoms with van der Waals surface area (Å²) >= 11 is 0. The van der Waals surface area contributed by atoms with Gasteiger partial charge in [0.15, 0.2) is 0 Å². The van der Waals surface area contributed by atoms with Gasteiger partial charge < -0.3 is 9.64 Å². The highest BCUT2D eigenvalue weighted by atomic mass is 19.1. The molecule has 1 heterocycles. The van der Waals surface area contributed by atoms with Gasteiger partial charge in [0.05, 0.1) is 12.5 Å². The number of hydrogen-bond donors (Lipinski definition) is 0. The largest absolute Gasteiger partial charge is 0.378 e. The summed E-state index contributed by atoms with van der Waals surface area (Å²) in [4.78, 5) is 14.2. The minimum atomic E-state index is -0.288. The molecule has 2 rings (SSSR count). The van der Waals surface area contributed by atoms with Gasteiger partial charge in [0.1, 0.15) is 5.82 Å². The molecule has 3 nitrogen and oxygen atoms in total. The zero-order valence-corrected chi connectivity index (χ0v) is 12.7. The van der Waals surface area contributed by atoms with Crippen LogP contribution in [-0.2, 0) is 16.0 Å². The smallest absolute Gasteiger partial charge is 0.226 e. The van der Waals surface area contributed by atoms with Crippen LogP contribution in [0.2, 0.25) is 0 Å². The van der Waals surface area contributed by atoms with Gasteiger partial charge in [-0.2, -0.15) is 0 Å². The van der Waals surface area contributed by atoms with Gasteiger partial charge in [0.2, 0.25) is 5.91 Å². The van der Waals surface area contributed by atoms with Crippen molar-refractivity contribution < 1.29 is 13.9 Å². The summed E-state index contributed by atoms with van der Waals surface area (Å²) in [5.74, 6) is -0.207. The molecule has 0 N–H and O–H groups in total. The molecule has 1 fully saturated rings. The van der Waals surface area contributed by atoms with Crippen molar-refractivity contribution in [1.82, 2.24) is 4.90 Å². The fourth-order valence-electron chi connectivity index (χ4n) is 2.70. The standard InChI is InChI=1S/C17H24FNO2/c1-2-11-21-16-7-4-9-19(10-8-16)17(20)13-14-5-3-6-15(18)12-14/h3,5-6,12,16H,2,4,7-11,13H2,1H3. The fourth-order valence-corrected chi connectivity index (χ4v) is 2.70. The zero-order chi connectivity index (χ0) is 15.1. The average Bonchev–Trinajstić information content (AvgIpc) is 2.70. The van der Waals surface area contributed by atoms with Crippen LogP contribution in [0.15, 0.2) is 24.3 Å². The predicted octanol–water partition coefficient (Wildman–Crippen LogP) is 3.18. The molecule has 1 atom stereocenters. The van der Waals surface area contributed by atoms with Crippen LogP contribution in [-0.4, -0.2) is 36.6 Å². The normalized spacial score (nSPS) is 19.3. The maximum atomic E-state index is 13.2. The summed E-state index contributed by atoms with van der Waals surface area (Å²) in [6.07, 6.45) is 4.47. The van der Waals surface area contributed by atoms with E-state index in [4.69, 9.17) is 4.74 Å². The Morgan fingerprint density at radius 3 is 3.00 bits per heavy atom. The predicted molar refractivity (Wildman–Crippen MR) is 80.6 cm³/mol. The van der Waals surface area contributed by atoms with Gasteiger partial charge in [-0.05, 0) is 43.4 Å². The van der Waals surface area contributed by atoms with Crippen molar-refractivity contribution in [3.05, 3.63) is 35.6 Å². The Bertz CT molecular complexity index is 464. The van der Waals surface area contributed by atoms with Gasteiger partial charge in [0.25, 0.3) is 0 Å². The van der Waals surface area contributed by atoms with Crippen LogP contribution >= 0.6 is 0 Å². The Balaban J connectivity index is 1.85. The Morgan fingerprint density at radius 2 is 2.24 bits per heavy atom. The van der Waals surface area contributed by atoms with E-state index in [2.05, 4.69) is 6.92 Å². The highest BCUT2D eigenvalue weighted by Gasteiger charge is 2.21. The van der Waals surface area contributed by atoms with Gasteiger partial charge in [0, 0.05) is 19.7 Å². The minimum Gasteiger partial charge on any atom is -0.378 e. The second kappa shape index (κ2) is 8.13. The van der Waals surface area contributed by atoms with Crippen molar-refractivity contribution in [1.29, 1.82) is 0 Å². The number of carbonyl (C=O) groups is 1. The molecule has 0 spiro atoms. The number of rotatable bonds is 5. The van der Waals surface area contributed by atoms with Crippen LogP contribution in [0.1, 0.15) is 38.2 Å². The van der Waals surface area contributed by atoms with E-state index in [0.29, 0.717) is 0 Å². The summed E-state index contributed by atoms with van der Waals surface area (Å²) in [7, 11) is 0. The molecule has 0 aromatic heterocycles. The number of nitrogens with zero attached hydrogens (tertiary/aromatic N) is 1. The molecule has 0 bridgehead atoms. The third kappa shape index (κ3) is 5.12. The molecule has 21 heavy (non-hydrogen) atoms. The lowest BCUT2D eigenvalue weighted by Gasteiger charge is -2.21. The van der Waals surface area contributed by atoms with Crippen molar-refractivity contribution in [2.45, 2.75) is 45.1 Å². The van der Waals surface area contributed by atoms with Crippen molar-refractivity contribution in [3.8, 4) is 0 Å². The van der Waals surface area contributed by atoms with E-state index in [-0.39, 0.29) is 24.2 Å². The first-order chi connectivity index (χ1) is 10.2. The highest BCUT2D eigenvalue weighted by molar-refractivity contribution is 5.78. The quantitative estimate of drug-likeness (QED) is 0.834. The number of carbonyl (C=O) groups excluding carboxylic acids is 1. The van der Waals surface area contributed by atoms with E-state index in [1.165, 1.54) is 12.1 Å². The van der Waals surface area contributed by atoms with Gasteiger partial charge in [-0.3, -0.25) is 4.79 Å². The van der Waals surface area contributed by atoms with Crippen LogP contribution < -0.4 is 0 Å². The summed E-state index contributed by atoms with van der Waals surface area (Å²) in [5, 5.41) is 0. The van der Waals surface area contributed by atoms with Crippen molar-refractivity contribution in [2.75, 3.05) is 19.7 Å². The van der Waals surface area contributed by atoms with Crippen molar-refractivity contribution >= 4 is 5.91 Å². The Kier molecular flexibility index (Phi) is 6.18. The average molecular weight is 293 g/mol. The number of amides is 1. The fraction of sp³-hybridized carbons (Fsp3) is 0.588. The van der Waals surface area contributed by atoms with Crippen LogP contribution in [0.3, 0.4) is 0 Å². The lowest BCUT2D eigenvalue weighted by Crippen LogP contribution is -2.33. The van der Waals surface area contributed by atoms with Crippen LogP contribution in [0, 0.1) is 5.82 Å². The molecule has 1 aliphatic rings. The van der Waals surface area contributed by atoms with E-state index in [9.17, 15) is 9.18 Å². The Morgan fingerprint density at radius 1 is 1.38 bits per heavy atom. The molecule has 1 aromatic carbocycles. The molecule has 0 saturated carbocycles. The van der Waals surface area contributed by atoms with Crippen molar-refractivity contribution in [3.63, 3.8) is 0 Å². The van der Waals surface area contributed by atoms with E-state index in [1.807, 2.05) is 4.90 Å². The van der Waals surface area contributed by atoms with Crippen molar-refractivity contribution in [2.24, 2.45) is 0 Å². The summed E-state index contributed by atoms with van der Waals surface area (Å²) in [5.41, 5.74) is 0.739. The first-order valence-corrected chi connectivity index (χ1v) is 7.83. The molecule has 0 aliphatic carbocycles. The number of likely N-dealkylation sites (tertiary alicyclic amines) is 1. The molecular formula is C17H24FNO2. The SMILES string of the molecule is CCCOC1CCCN(C(=O)Cc2cccc(F)c2)CC1. The van der Waals surface area contributed by atoms with E-state index >= 15 is 0 Å². The van der Waals surface area contributed by atoms with Gasteiger partial charge >= 0.3 is 0 Å². The zero-order valence-electron chi connectivity index (χ0n) is 12.7. The lowest BCUT2D eigenvalue weighted by atomic mass is 10.1. The third-order valence-corrected chi connectivity index (χ3v) is 3.83. The van der Waals surface area contributed by atoms with Crippen LogP contribution in [0.4, 0.5) is 4.39 Å². The highest BCUT2D eigenvalue weighted by Crippen LogP contribution is 2.16. The number of benzene rings is 1. The van der Waals surface area contributed by atoms with Gasteiger partial charge in [-0.1, -0.05) is 19.1 Å². The molecule has 0 radical (unpaired) electrons. The molecule has 1 amide bonds. The minimum absolute atomic E-state index is 0.0803. The number of hydrogen-bond acceptors (Lipinski definition) is 2. The summed E-state index contributed by atoms with van der Waals surface area (Å²) in [6.45, 7) is 4.41. The van der Waals surface area contributed by atoms with E-state index < -0.39 is 0 Å². The molecular weight excluding hydrogens is 269 g/mol. The van der Waals surface area contributed by atoms with E-state index in [0.717, 1.165) is 50.9 Å². The maximum absolute atomic E-state index is 13.2. The summed E-state index contributed by atoms with van der Waals surface area (Å²) < 4.78 is 18.9. The molecule has 1 aromatic rings. The second-order valence-corrected chi connectivity index (χ2v) is 5.61. The Hall–Kier alpha value is -1.42. The first kappa shape index (κ1) is 16.0. The maximum Gasteiger partial charge on any atom is 0.226 e. The van der Waals surface area contributed by atoms with E-state index in [1.54, 1.807) is 12.1 Å². The second-order valence-electron chi connectivity index (χ2n) is 5.61. The third-order valence-electron chi connectivity index (χ3n) is 3.83. The van der Waals surface area contributed by atoms with Gasteiger partial charge in [-0.25, -0.2) is 4.39 Å². The molecule has 4 heteroatoms. The first-order valence-electron chi connectivity index (χ1n) is 7.83. The summed E-state index contributed by atoms with van der Waals surface area (Å²) in [6, 6.07) is 6.28. The Labute approximate surface area is 126 Å². The molecule has 1 unspecified atom stereocenters. The lowest BCUT2D eigenvalue weighted by molar-refractivity contribution is -0.130. The topological polar surface area (TPSA) is 29.5 Å². The van der Waals surface area contributed by atoms with Gasteiger partial charge in [-0.15, -0.1) is 0 Å². The molecule has 116 valence electrons. The van der Waals surface area contributed by atoms with Crippen LogP contribution in [0.25, 0.3) is 0 Å². The molecule has 1 aliphatic heterocycles. The van der Waals surface area contributed by atoms with Crippen LogP contribution in [0.5, 0.6) is 0 Å².